The molecular weight excluding hydrogens is 422 g/mol. The maximum Gasteiger partial charge on any atom is 0.189 e. The average molecular weight is 441 g/mol. The Labute approximate surface area is 173 Å². The van der Waals surface area contributed by atoms with Crippen molar-refractivity contribution in [1.29, 1.82) is 0 Å². The Morgan fingerprint density at radius 2 is 1.86 bits per heavy atom. The van der Waals surface area contributed by atoms with E-state index in [-0.39, 0.29) is 35.8 Å². The standard InChI is InChI=1S/C21H19ClF2O4S/c1-2-3-18-15-12-28-20-17(24)9-8-16(23)19(20)21(15,10-11-27-18)29(25,26)14-6-4-13(22)5-7-14/h2,4-9,15,18H,1,3,10-12H2/t15-,18-,21-/m0/s1. The number of hydrogen-bond donors (Lipinski definition) is 0. The Morgan fingerprint density at radius 1 is 1.17 bits per heavy atom. The number of rotatable bonds is 4. The first-order valence-corrected chi connectivity index (χ1v) is 11.0. The number of halogens is 3. The summed E-state index contributed by atoms with van der Waals surface area (Å²) in [6.45, 7) is 3.67. The minimum absolute atomic E-state index is 0.0114. The minimum Gasteiger partial charge on any atom is -0.490 e. The predicted molar refractivity (Wildman–Crippen MR) is 105 cm³/mol. The lowest BCUT2D eigenvalue weighted by atomic mass is 9.75. The first-order valence-electron chi connectivity index (χ1n) is 9.17. The molecule has 2 aromatic carbocycles. The molecule has 1 fully saturated rings. The van der Waals surface area contributed by atoms with Gasteiger partial charge in [-0.3, -0.25) is 0 Å². The fourth-order valence-corrected chi connectivity index (χ4v) is 6.92. The van der Waals surface area contributed by atoms with E-state index in [1.807, 2.05) is 0 Å². The number of fused-ring (bicyclic) bond motifs is 3. The molecule has 29 heavy (non-hydrogen) atoms. The molecule has 0 spiro atoms. The molecule has 2 aliphatic heterocycles. The van der Waals surface area contributed by atoms with Gasteiger partial charge in [0.05, 0.1) is 23.2 Å². The zero-order chi connectivity index (χ0) is 20.8. The molecule has 2 aliphatic rings. The summed E-state index contributed by atoms with van der Waals surface area (Å²) >= 11 is 5.92. The van der Waals surface area contributed by atoms with Crippen molar-refractivity contribution in [3.8, 4) is 5.75 Å². The molecular formula is C21H19ClF2O4S. The van der Waals surface area contributed by atoms with Crippen molar-refractivity contribution in [3.05, 3.63) is 71.3 Å². The second kappa shape index (κ2) is 7.38. The predicted octanol–water partition coefficient (Wildman–Crippen LogP) is 4.66. The van der Waals surface area contributed by atoms with Gasteiger partial charge in [-0.25, -0.2) is 17.2 Å². The van der Waals surface area contributed by atoms with Crippen LogP contribution in [0.2, 0.25) is 5.02 Å². The first kappa shape index (κ1) is 20.3. The molecule has 4 rings (SSSR count). The van der Waals surface area contributed by atoms with Crippen LogP contribution in [0.25, 0.3) is 0 Å². The van der Waals surface area contributed by atoms with Crippen molar-refractivity contribution in [1.82, 2.24) is 0 Å². The molecule has 2 heterocycles. The van der Waals surface area contributed by atoms with Gasteiger partial charge in [-0.05, 0) is 49.2 Å². The van der Waals surface area contributed by atoms with Crippen molar-refractivity contribution in [2.45, 2.75) is 28.6 Å². The third-order valence-electron chi connectivity index (χ3n) is 5.74. The van der Waals surface area contributed by atoms with Crippen molar-refractivity contribution in [2.75, 3.05) is 13.2 Å². The molecule has 154 valence electrons. The van der Waals surface area contributed by atoms with Gasteiger partial charge in [0.15, 0.2) is 21.4 Å². The smallest absolute Gasteiger partial charge is 0.189 e. The third kappa shape index (κ3) is 2.98. The molecule has 0 radical (unpaired) electrons. The molecule has 1 saturated heterocycles. The largest absolute Gasteiger partial charge is 0.490 e. The molecule has 4 nitrogen and oxygen atoms in total. The van der Waals surface area contributed by atoms with E-state index in [1.165, 1.54) is 24.3 Å². The molecule has 8 heteroatoms. The summed E-state index contributed by atoms with van der Waals surface area (Å²) in [6, 6.07) is 7.57. The van der Waals surface area contributed by atoms with Gasteiger partial charge in [0, 0.05) is 17.5 Å². The normalized spacial score (nSPS) is 26.2. The van der Waals surface area contributed by atoms with Gasteiger partial charge in [0.2, 0.25) is 0 Å². The lowest BCUT2D eigenvalue weighted by Crippen LogP contribution is -2.57. The zero-order valence-corrected chi connectivity index (χ0v) is 17.0. The van der Waals surface area contributed by atoms with Crippen LogP contribution in [0.15, 0.2) is 53.9 Å². The van der Waals surface area contributed by atoms with Crippen LogP contribution in [-0.2, 0) is 19.3 Å². The fraction of sp³-hybridized carbons (Fsp3) is 0.333. The molecule has 0 saturated carbocycles. The fourth-order valence-electron chi connectivity index (χ4n) is 4.45. The number of ether oxygens (including phenoxy) is 2. The number of hydrogen-bond acceptors (Lipinski definition) is 4. The molecule has 2 aromatic rings. The molecule has 0 bridgehead atoms. The summed E-state index contributed by atoms with van der Waals surface area (Å²) in [6.07, 6.45) is 1.40. The Kier molecular flexibility index (Phi) is 5.17. The van der Waals surface area contributed by atoms with Gasteiger partial charge in [-0.15, -0.1) is 6.58 Å². The van der Waals surface area contributed by atoms with E-state index in [0.717, 1.165) is 12.1 Å². The van der Waals surface area contributed by atoms with E-state index < -0.39 is 38.2 Å². The maximum absolute atomic E-state index is 15.1. The second-order valence-electron chi connectivity index (χ2n) is 7.18. The van der Waals surface area contributed by atoms with Crippen molar-refractivity contribution in [3.63, 3.8) is 0 Å². The van der Waals surface area contributed by atoms with Gasteiger partial charge in [0.25, 0.3) is 0 Å². The second-order valence-corrected chi connectivity index (χ2v) is 9.82. The highest BCUT2D eigenvalue weighted by atomic mass is 35.5. The van der Waals surface area contributed by atoms with Crippen molar-refractivity contribution in [2.24, 2.45) is 5.92 Å². The molecule has 3 atom stereocenters. The van der Waals surface area contributed by atoms with Crippen LogP contribution in [0.3, 0.4) is 0 Å². The lowest BCUT2D eigenvalue weighted by Gasteiger charge is -2.50. The molecule has 0 unspecified atom stereocenters. The number of benzene rings is 2. The van der Waals surface area contributed by atoms with E-state index in [1.54, 1.807) is 6.08 Å². The van der Waals surface area contributed by atoms with Crippen molar-refractivity contribution >= 4 is 21.4 Å². The number of sulfone groups is 1. The highest BCUT2D eigenvalue weighted by Crippen LogP contribution is 2.55. The zero-order valence-electron chi connectivity index (χ0n) is 15.4. The van der Waals surface area contributed by atoms with Crippen LogP contribution in [-0.4, -0.2) is 27.7 Å². The molecule has 0 aliphatic carbocycles. The molecule has 0 N–H and O–H groups in total. The Balaban J connectivity index is 2.03. The maximum atomic E-state index is 15.1. The topological polar surface area (TPSA) is 52.6 Å². The van der Waals surface area contributed by atoms with Gasteiger partial charge < -0.3 is 9.47 Å². The van der Waals surface area contributed by atoms with E-state index in [0.29, 0.717) is 11.4 Å². The Bertz CT molecular complexity index is 1060. The van der Waals surface area contributed by atoms with Crippen LogP contribution in [0, 0.1) is 17.6 Å². The Morgan fingerprint density at radius 3 is 2.55 bits per heavy atom. The van der Waals surface area contributed by atoms with E-state index in [9.17, 15) is 12.8 Å². The van der Waals surface area contributed by atoms with E-state index >= 15 is 4.39 Å². The summed E-state index contributed by atoms with van der Waals surface area (Å²) in [5.41, 5.74) is -0.263. The average Bonchev–Trinajstić information content (AvgIpc) is 2.71. The summed E-state index contributed by atoms with van der Waals surface area (Å²) in [5.74, 6) is -2.70. The van der Waals surface area contributed by atoms with Crippen LogP contribution >= 0.6 is 11.6 Å². The first-order chi connectivity index (χ1) is 13.8. The SMILES string of the molecule is C=CC[C@@H]1OCC[C@@]2(S(=O)(=O)c3ccc(Cl)cc3)c3c(F)ccc(F)c3OC[C@@H]12. The monoisotopic (exact) mass is 440 g/mol. The Hall–Kier alpha value is -1.96. The van der Waals surface area contributed by atoms with Gasteiger partial charge >= 0.3 is 0 Å². The molecule has 0 amide bonds. The van der Waals surface area contributed by atoms with Crippen LogP contribution in [0.4, 0.5) is 8.78 Å². The summed E-state index contributed by atoms with van der Waals surface area (Å²) in [5, 5.41) is 0.374. The highest BCUT2D eigenvalue weighted by Gasteiger charge is 2.61. The van der Waals surface area contributed by atoms with Crippen LogP contribution in [0.1, 0.15) is 18.4 Å². The van der Waals surface area contributed by atoms with Crippen molar-refractivity contribution < 1.29 is 26.7 Å². The van der Waals surface area contributed by atoms with Gasteiger partial charge in [0.1, 0.15) is 10.6 Å². The lowest BCUT2D eigenvalue weighted by molar-refractivity contribution is -0.0704. The highest BCUT2D eigenvalue weighted by molar-refractivity contribution is 7.92. The van der Waals surface area contributed by atoms with E-state index in [4.69, 9.17) is 21.1 Å². The van der Waals surface area contributed by atoms with Gasteiger partial charge in [-0.2, -0.15) is 0 Å². The van der Waals surface area contributed by atoms with Crippen LogP contribution in [0.5, 0.6) is 5.75 Å². The quantitative estimate of drug-likeness (QED) is 0.649. The summed E-state index contributed by atoms with van der Waals surface area (Å²) < 4.78 is 67.1. The third-order valence-corrected chi connectivity index (χ3v) is 8.56. The molecule has 0 aromatic heterocycles. The summed E-state index contributed by atoms with van der Waals surface area (Å²) in [7, 11) is -4.16. The minimum atomic E-state index is -4.16. The summed E-state index contributed by atoms with van der Waals surface area (Å²) in [4.78, 5) is -0.0114. The van der Waals surface area contributed by atoms with E-state index in [2.05, 4.69) is 6.58 Å². The van der Waals surface area contributed by atoms with Crippen LogP contribution < -0.4 is 4.74 Å². The van der Waals surface area contributed by atoms with Gasteiger partial charge in [-0.1, -0.05) is 17.7 Å².